The quantitative estimate of drug-likeness (QED) is 0.192. The average molecular weight is 604 g/mol. The summed E-state index contributed by atoms with van der Waals surface area (Å²) in [5, 5.41) is 15.1. The van der Waals surface area contributed by atoms with Crippen LogP contribution in [0.15, 0.2) is 176 Å². The first-order valence-electron chi connectivity index (χ1n) is 15.4. The van der Waals surface area contributed by atoms with Gasteiger partial charge in [0.05, 0.1) is 11.3 Å². The Morgan fingerprint density at radius 3 is 1.54 bits per heavy atom. The molecule has 0 unspecified atom stereocenters. The van der Waals surface area contributed by atoms with Gasteiger partial charge in [-0.15, -0.1) is 0 Å². The number of benzene rings is 6. The third-order valence-electron chi connectivity index (χ3n) is 9.05. The Hall–Kier alpha value is -6.02. The molecule has 0 aliphatic carbocycles. The van der Waals surface area contributed by atoms with Crippen LogP contribution >= 0.6 is 0 Å². The molecule has 46 heavy (non-hydrogen) atoms. The van der Waals surface area contributed by atoms with E-state index < -0.39 is 8.07 Å². The highest BCUT2D eigenvalue weighted by molar-refractivity contribution is 7.21. The molecule has 0 bridgehead atoms. The van der Waals surface area contributed by atoms with Gasteiger partial charge in [0.25, 0.3) is 0 Å². The molecule has 0 spiro atoms. The standard InChI is InChI=1S/C42H29N3Si/c43-28-31-27-32(30-44-29-31)35-19-7-8-20-36(35)37-21-9-10-22-38(37)45-39-23-11-13-25-41(39)46(33-15-3-1-4-16-33,34-17-5-2-6-18-34)42-26-14-12-24-40(42)45/h1-27,29-30H. The summed E-state index contributed by atoms with van der Waals surface area (Å²) in [4.78, 5) is 6.84. The van der Waals surface area contributed by atoms with Crippen LogP contribution in [0.1, 0.15) is 5.56 Å². The van der Waals surface area contributed by atoms with E-state index in [1.165, 1.54) is 32.1 Å². The first-order chi connectivity index (χ1) is 22.8. The van der Waals surface area contributed by atoms with Gasteiger partial charge in [-0.25, -0.2) is 0 Å². The molecule has 0 saturated carbocycles. The van der Waals surface area contributed by atoms with E-state index in [0.29, 0.717) is 5.56 Å². The minimum absolute atomic E-state index is 0.544. The normalized spacial score (nSPS) is 12.9. The number of anilines is 3. The van der Waals surface area contributed by atoms with Gasteiger partial charge in [0.1, 0.15) is 6.07 Å². The lowest BCUT2D eigenvalue weighted by molar-refractivity contribution is 1.29. The van der Waals surface area contributed by atoms with Crippen molar-refractivity contribution < 1.29 is 0 Å². The molecule has 1 aliphatic heterocycles. The molecule has 0 fully saturated rings. The third kappa shape index (κ3) is 4.29. The molecule has 4 heteroatoms. The number of hydrogen-bond acceptors (Lipinski definition) is 3. The summed E-state index contributed by atoms with van der Waals surface area (Å²) >= 11 is 0. The van der Waals surface area contributed by atoms with Crippen LogP contribution in [-0.2, 0) is 0 Å². The Balaban J connectivity index is 1.42. The van der Waals surface area contributed by atoms with Crippen LogP contribution in [0.5, 0.6) is 0 Å². The first-order valence-corrected chi connectivity index (χ1v) is 17.4. The molecule has 6 aromatic carbocycles. The van der Waals surface area contributed by atoms with E-state index in [1.54, 1.807) is 6.20 Å². The van der Waals surface area contributed by atoms with E-state index in [4.69, 9.17) is 0 Å². The number of fused-ring (bicyclic) bond motifs is 2. The number of rotatable bonds is 5. The van der Waals surface area contributed by atoms with Crippen LogP contribution in [0.4, 0.5) is 17.1 Å². The van der Waals surface area contributed by atoms with Gasteiger partial charge in [-0.3, -0.25) is 4.98 Å². The monoisotopic (exact) mass is 603 g/mol. The predicted molar refractivity (Wildman–Crippen MR) is 192 cm³/mol. The highest BCUT2D eigenvalue weighted by atomic mass is 28.3. The Bertz CT molecular complexity index is 2150. The van der Waals surface area contributed by atoms with Gasteiger partial charge in [0.15, 0.2) is 8.07 Å². The van der Waals surface area contributed by atoms with Crippen molar-refractivity contribution in [2.45, 2.75) is 0 Å². The second kappa shape index (κ2) is 11.5. The fourth-order valence-corrected chi connectivity index (χ4v) is 12.3. The Labute approximate surface area is 270 Å². The van der Waals surface area contributed by atoms with Crippen molar-refractivity contribution in [2.75, 3.05) is 4.90 Å². The topological polar surface area (TPSA) is 39.9 Å². The molecule has 1 aromatic heterocycles. The van der Waals surface area contributed by atoms with E-state index in [-0.39, 0.29) is 0 Å². The largest absolute Gasteiger partial charge is 0.310 e. The summed E-state index contributed by atoms with van der Waals surface area (Å²) in [7, 11) is -2.70. The predicted octanol–water partition coefficient (Wildman–Crippen LogP) is 7.45. The molecule has 1 aliphatic rings. The second-order valence-electron chi connectivity index (χ2n) is 11.5. The Morgan fingerprint density at radius 2 is 0.957 bits per heavy atom. The maximum Gasteiger partial charge on any atom is 0.184 e. The molecule has 216 valence electrons. The highest BCUT2D eigenvalue weighted by Crippen LogP contribution is 2.44. The Morgan fingerprint density at radius 1 is 0.478 bits per heavy atom. The molecule has 0 saturated heterocycles. The lowest BCUT2D eigenvalue weighted by Crippen LogP contribution is -2.77. The Kier molecular flexibility index (Phi) is 6.87. The molecular formula is C42H29N3Si. The second-order valence-corrected chi connectivity index (χ2v) is 15.2. The van der Waals surface area contributed by atoms with Gasteiger partial charge in [-0.05, 0) is 56.1 Å². The molecule has 0 amide bonds. The number of para-hydroxylation sites is 3. The lowest BCUT2D eigenvalue weighted by atomic mass is 9.93. The van der Waals surface area contributed by atoms with Crippen molar-refractivity contribution in [3.8, 4) is 28.3 Å². The van der Waals surface area contributed by atoms with Gasteiger partial charge >= 0.3 is 0 Å². The summed E-state index contributed by atoms with van der Waals surface area (Å²) in [5.41, 5.74) is 8.19. The number of nitriles is 1. The molecular weight excluding hydrogens is 575 g/mol. The van der Waals surface area contributed by atoms with E-state index in [2.05, 4.69) is 168 Å². The zero-order valence-corrected chi connectivity index (χ0v) is 26.1. The van der Waals surface area contributed by atoms with Crippen LogP contribution in [0.25, 0.3) is 22.3 Å². The molecule has 2 heterocycles. The summed E-state index contributed by atoms with van der Waals surface area (Å²) in [5.74, 6) is 0. The maximum absolute atomic E-state index is 9.61. The van der Waals surface area contributed by atoms with Gasteiger partial charge < -0.3 is 4.90 Å². The van der Waals surface area contributed by atoms with Crippen LogP contribution in [0.2, 0.25) is 0 Å². The summed E-state index contributed by atoms with van der Waals surface area (Å²) < 4.78 is 0. The minimum Gasteiger partial charge on any atom is -0.310 e. The van der Waals surface area contributed by atoms with Crippen molar-refractivity contribution >= 4 is 45.9 Å². The highest BCUT2D eigenvalue weighted by Gasteiger charge is 2.48. The SMILES string of the molecule is N#Cc1cncc(-c2ccccc2-c2ccccc2N2c3ccccc3[Si](c3ccccc3)(c3ccccc3)c3ccccc32)c1. The molecule has 0 N–H and O–H groups in total. The smallest absolute Gasteiger partial charge is 0.184 e. The fraction of sp³-hybridized carbons (Fsp3) is 0. The van der Waals surface area contributed by atoms with Crippen LogP contribution in [0.3, 0.4) is 0 Å². The third-order valence-corrected chi connectivity index (χ3v) is 13.9. The summed E-state index contributed by atoms with van der Waals surface area (Å²) in [6, 6.07) is 61.4. The number of hydrogen-bond donors (Lipinski definition) is 0. The van der Waals surface area contributed by atoms with Gasteiger partial charge in [-0.1, -0.05) is 140 Å². The summed E-state index contributed by atoms with van der Waals surface area (Å²) in [6.07, 6.45) is 3.45. The maximum atomic E-state index is 9.61. The van der Waals surface area contributed by atoms with Crippen molar-refractivity contribution in [1.82, 2.24) is 4.98 Å². The van der Waals surface area contributed by atoms with Crippen LogP contribution < -0.4 is 25.6 Å². The zero-order chi connectivity index (χ0) is 30.9. The van der Waals surface area contributed by atoms with E-state index >= 15 is 0 Å². The molecule has 0 atom stereocenters. The minimum atomic E-state index is -2.70. The average Bonchev–Trinajstić information content (AvgIpc) is 3.14. The van der Waals surface area contributed by atoms with Gasteiger partial charge in [-0.2, -0.15) is 5.26 Å². The summed E-state index contributed by atoms with van der Waals surface area (Å²) in [6.45, 7) is 0. The number of aromatic nitrogens is 1. The molecule has 7 aromatic rings. The van der Waals surface area contributed by atoms with Crippen molar-refractivity contribution in [1.29, 1.82) is 5.26 Å². The zero-order valence-electron chi connectivity index (χ0n) is 25.1. The number of nitrogens with zero attached hydrogens (tertiary/aromatic N) is 3. The van der Waals surface area contributed by atoms with E-state index in [0.717, 1.165) is 27.9 Å². The molecule has 0 radical (unpaired) electrons. The van der Waals surface area contributed by atoms with Crippen molar-refractivity contribution in [2.24, 2.45) is 0 Å². The number of pyridine rings is 1. The van der Waals surface area contributed by atoms with E-state index in [9.17, 15) is 5.26 Å². The first kappa shape index (κ1) is 27.5. The molecule has 3 nitrogen and oxygen atoms in total. The van der Waals surface area contributed by atoms with Crippen LogP contribution in [0, 0.1) is 11.3 Å². The van der Waals surface area contributed by atoms with Crippen molar-refractivity contribution in [3.63, 3.8) is 0 Å². The molecule has 8 rings (SSSR count). The van der Waals surface area contributed by atoms with Crippen molar-refractivity contribution in [3.05, 3.63) is 182 Å². The lowest BCUT2D eigenvalue weighted by Gasteiger charge is -2.45. The van der Waals surface area contributed by atoms with Crippen LogP contribution in [-0.4, -0.2) is 13.1 Å². The van der Waals surface area contributed by atoms with Gasteiger partial charge in [0, 0.05) is 34.9 Å². The van der Waals surface area contributed by atoms with Gasteiger partial charge in [0.2, 0.25) is 0 Å². The fourth-order valence-electron chi connectivity index (χ4n) is 7.19. The van der Waals surface area contributed by atoms with E-state index in [1.807, 2.05) is 18.3 Å².